The summed E-state index contributed by atoms with van der Waals surface area (Å²) in [6, 6.07) is 19.0. The van der Waals surface area contributed by atoms with Crippen LogP contribution in [-0.2, 0) is 16.2 Å². The molecule has 2 aromatic carbocycles. The number of pyridine rings is 1. The van der Waals surface area contributed by atoms with Crippen LogP contribution in [0.3, 0.4) is 0 Å². The van der Waals surface area contributed by atoms with Gasteiger partial charge in [-0.15, -0.1) is 0 Å². The van der Waals surface area contributed by atoms with Crippen LogP contribution in [0.4, 0.5) is 5.69 Å². The lowest BCUT2D eigenvalue weighted by Gasteiger charge is -2.28. The minimum atomic E-state index is -1.02. The first kappa shape index (κ1) is 23.3. The van der Waals surface area contributed by atoms with Crippen molar-refractivity contribution in [3.63, 3.8) is 0 Å². The number of carbonyl (C=O) groups excluding carboxylic acids is 1. The first-order valence-corrected chi connectivity index (χ1v) is 11.1. The molecule has 0 aliphatic rings. The highest BCUT2D eigenvalue weighted by atomic mass is 16.5. The second-order valence-electron chi connectivity index (χ2n) is 8.12. The van der Waals surface area contributed by atoms with Crippen LogP contribution in [0.2, 0.25) is 0 Å². The maximum absolute atomic E-state index is 12.7. The first-order chi connectivity index (χ1) is 15.5. The Balaban J connectivity index is 1.64. The molecule has 1 heterocycles. The van der Waals surface area contributed by atoms with E-state index >= 15 is 0 Å². The number of ether oxygens (including phenoxy) is 1. The third-order valence-corrected chi connectivity index (χ3v) is 5.57. The topological polar surface area (TPSA) is 88.5 Å². The van der Waals surface area contributed by atoms with Gasteiger partial charge in [0.2, 0.25) is 5.91 Å². The summed E-state index contributed by atoms with van der Waals surface area (Å²) in [4.78, 5) is 29.2. The van der Waals surface area contributed by atoms with Gasteiger partial charge in [0.1, 0.15) is 12.4 Å². The van der Waals surface area contributed by atoms with Crippen molar-refractivity contribution in [1.82, 2.24) is 4.98 Å². The van der Waals surface area contributed by atoms with Crippen molar-refractivity contribution < 1.29 is 19.4 Å². The molecule has 32 heavy (non-hydrogen) atoms. The molecule has 0 aliphatic heterocycles. The van der Waals surface area contributed by atoms with Crippen LogP contribution in [0.1, 0.15) is 51.6 Å². The second-order valence-corrected chi connectivity index (χ2v) is 8.12. The molecule has 0 aliphatic carbocycles. The van der Waals surface area contributed by atoms with E-state index in [1.54, 1.807) is 18.2 Å². The van der Waals surface area contributed by atoms with Gasteiger partial charge in [0.25, 0.3) is 0 Å². The van der Waals surface area contributed by atoms with E-state index < -0.39 is 11.4 Å². The Morgan fingerprint density at radius 1 is 1.00 bits per heavy atom. The molecule has 0 saturated carbocycles. The quantitative estimate of drug-likeness (QED) is 0.397. The van der Waals surface area contributed by atoms with Crippen LogP contribution < -0.4 is 10.1 Å². The number of fused-ring (bicyclic) bond motifs is 1. The average Bonchev–Trinajstić information content (AvgIpc) is 2.78. The normalized spacial score (nSPS) is 11.3. The molecule has 0 spiro atoms. The number of nitrogens with zero attached hydrogens (tertiary/aromatic N) is 1. The van der Waals surface area contributed by atoms with E-state index in [9.17, 15) is 14.7 Å². The van der Waals surface area contributed by atoms with E-state index in [0.717, 1.165) is 16.6 Å². The van der Waals surface area contributed by atoms with Crippen molar-refractivity contribution in [3.05, 3.63) is 66.4 Å². The largest absolute Gasteiger partial charge is 0.487 e. The Kier molecular flexibility index (Phi) is 7.82. The molecule has 1 amide bonds. The number of rotatable bonds is 11. The molecule has 3 aromatic rings. The van der Waals surface area contributed by atoms with E-state index in [2.05, 4.69) is 10.3 Å². The van der Waals surface area contributed by atoms with E-state index in [1.165, 1.54) is 0 Å². The lowest BCUT2D eigenvalue weighted by molar-refractivity contribution is -0.152. The molecule has 6 nitrogen and oxygen atoms in total. The highest BCUT2D eigenvalue weighted by Crippen LogP contribution is 2.34. The Morgan fingerprint density at radius 3 is 2.47 bits per heavy atom. The summed E-state index contributed by atoms with van der Waals surface area (Å²) in [6.45, 7) is 4.18. The summed E-state index contributed by atoms with van der Waals surface area (Å²) in [5.41, 5.74) is 1.27. The number of benzene rings is 2. The van der Waals surface area contributed by atoms with Gasteiger partial charge < -0.3 is 15.2 Å². The van der Waals surface area contributed by atoms with Crippen LogP contribution in [0.5, 0.6) is 5.75 Å². The molecule has 168 valence electrons. The van der Waals surface area contributed by atoms with Crippen LogP contribution in [0.25, 0.3) is 10.9 Å². The van der Waals surface area contributed by atoms with E-state index in [4.69, 9.17) is 4.74 Å². The van der Waals surface area contributed by atoms with Gasteiger partial charge in [0, 0.05) is 23.6 Å². The van der Waals surface area contributed by atoms with Gasteiger partial charge in [-0.05, 0) is 37.1 Å². The molecular formula is C26H30N2O4. The van der Waals surface area contributed by atoms with Crippen molar-refractivity contribution in [1.29, 1.82) is 0 Å². The molecule has 1 aromatic heterocycles. The third kappa shape index (κ3) is 5.84. The molecule has 6 heteroatoms. The molecule has 0 radical (unpaired) electrons. The number of hydrogen-bond donors (Lipinski definition) is 2. The molecule has 0 atom stereocenters. The van der Waals surface area contributed by atoms with Crippen molar-refractivity contribution >= 4 is 28.5 Å². The fraction of sp³-hybridized carbons (Fsp3) is 0.346. The number of anilines is 1. The van der Waals surface area contributed by atoms with Crippen molar-refractivity contribution in [2.75, 3.05) is 5.32 Å². The van der Waals surface area contributed by atoms with Gasteiger partial charge in [-0.1, -0.05) is 57.0 Å². The highest BCUT2D eigenvalue weighted by Gasteiger charge is 2.38. The van der Waals surface area contributed by atoms with Gasteiger partial charge in [0.05, 0.1) is 16.6 Å². The molecule has 0 saturated heterocycles. The fourth-order valence-corrected chi connectivity index (χ4v) is 4.07. The summed E-state index contributed by atoms with van der Waals surface area (Å²) < 4.78 is 5.87. The Labute approximate surface area is 188 Å². The number of nitrogens with one attached hydrogen (secondary N) is 1. The van der Waals surface area contributed by atoms with Crippen LogP contribution >= 0.6 is 0 Å². The predicted octanol–water partition coefficient (Wildman–Crippen LogP) is 5.81. The number of para-hydroxylation sites is 1. The van der Waals surface area contributed by atoms with Gasteiger partial charge in [-0.3, -0.25) is 9.59 Å². The fourth-order valence-electron chi connectivity index (χ4n) is 4.07. The molecule has 3 rings (SSSR count). The number of carboxylic acid groups (broad SMARTS) is 1. The third-order valence-electron chi connectivity index (χ3n) is 5.57. The standard InChI is InChI=1S/C26H30N2O4/c1-3-14-26(15-4-2,25(30)31)17-24(29)28-20-9-7-10-22(16-20)32-18-21-13-12-19-8-5-6-11-23(19)27-21/h5-13,16H,3-4,14-15,17-18H2,1-2H3,(H,28,29)(H,30,31). The number of amides is 1. The molecule has 0 unspecified atom stereocenters. The summed E-state index contributed by atoms with van der Waals surface area (Å²) in [5.74, 6) is -0.608. The number of aromatic nitrogens is 1. The summed E-state index contributed by atoms with van der Waals surface area (Å²) in [5, 5.41) is 13.7. The Hall–Kier alpha value is -3.41. The maximum Gasteiger partial charge on any atom is 0.310 e. The van der Waals surface area contributed by atoms with Crippen molar-refractivity contribution in [3.8, 4) is 5.75 Å². The highest BCUT2D eigenvalue weighted by molar-refractivity contribution is 5.94. The lowest BCUT2D eigenvalue weighted by atomic mass is 9.76. The number of carboxylic acids is 1. The summed E-state index contributed by atoms with van der Waals surface area (Å²) in [7, 11) is 0. The number of hydrogen-bond acceptors (Lipinski definition) is 4. The zero-order valence-corrected chi connectivity index (χ0v) is 18.6. The van der Waals surface area contributed by atoms with E-state index in [1.807, 2.05) is 56.3 Å². The van der Waals surface area contributed by atoms with Crippen LogP contribution in [-0.4, -0.2) is 22.0 Å². The molecule has 0 fully saturated rings. The first-order valence-electron chi connectivity index (χ1n) is 11.1. The smallest absolute Gasteiger partial charge is 0.310 e. The number of carbonyl (C=O) groups is 2. The zero-order chi connectivity index (χ0) is 23.0. The second kappa shape index (κ2) is 10.8. The monoisotopic (exact) mass is 434 g/mol. The molecule has 2 N–H and O–H groups in total. The van der Waals surface area contributed by atoms with Crippen LogP contribution in [0, 0.1) is 5.41 Å². The van der Waals surface area contributed by atoms with Crippen LogP contribution in [0.15, 0.2) is 60.7 Å². The van der Waals surface area contributed by atoms with E-state index in [0.29, 0.717) is 43.7 Å². The lowest BCUT2D eigenvalue weighted by Crippen LogP contribution is -2.35. The van der Waals surface area contributed by atoms with Crippen molar-refractivity contribution in [2.45, 2.75) is 52.6 Å². The SMILES string of the molecule is CCCC(CCC)(CC(=O)Nc1cccc(OCc2ccc3ccccc3n2)c1)C(=O)O. The van der Waals surface area contributed by atoms with Gasteiger partial charge in [-0.25, -0.2) is 4.98 Å². The summed E-state index contributed by atoms with van der Waals surface area (Å²) >= 11 is 0. The minimum Gasteiger partial charge on any atom is -0.487 e. The minimum absolute atomic E-state index is 0.0455. The molecule has 0 bridgehead atoms. The van der Waals surface area contributed by atoms with Crippen molar-refractivity contribution in [2.24, 2.45) is 5.41 Å². The van der Waals surface area contributed by atoms with E-state index in [-0.39, 0.29) is 12.3 Å². The van der Waals surface area contributed by atoms with Gasteiger partial charge in [0.15, 0.2) is 0 Å². The average molecular weight is 435 g/mol. The molecular weight excluding hydrogens is 404 g/mol. The summed E-state index contributed by atoms with van der Waals surface area (Å²) in [6.07, 6.45) is 2.34. The zero-order valence-electron chi connectivity index (χ0n) is 18.6. The maximum atomic E-state index is 12.7. The Morgan fingerprint density at radius 2 is 1.75 bits per heavy atom. The van der Waals surface area contributed by atoms with Gasteiger partial charge >= 0.3 is 5.97 Å². The number of aliphatic carboxylic acids is 1. The van der Waals surface area contributed by atoms with Gasteiger partial charge in [-0.2, -0.15) is 0 Å². The predicted molar refractivity (Wildman–Crippen MR) is 126 cm³/mol. The Bertz CT molecular complexity index is 1070.